The summed E-state index contributed by atoms with van der Waals surface area (Å²) in [5, 5.41) is 0.128. The summed E-state index contributed by atoms with van der Waals surface area (Å²) in [4.78, 5) is 14.3. The number of benzene rings is 1. The van der Waals surface area contributed by atoms with E-state index in [2.05, 4.69) is 40.9 Å². The minimum absolute atomic E-state index is 0.128. The minimum atomic E-state index is 0.128. The van der Waals surface area contributed by atoms with E-state index in [0.717, 1.165) is 17.7 Å². The lowest BCUT2D eigenvalue weighted by atomic mass is 10.1. The Bertz CT molecular complexity index is 633. The highest BCUT2D eigenvalue weighted by Gasteiger charge is 2.13. The zero-order valence-corrected chi connectivity index (χ0v) is 13.5. The number of aryl methyl sites for hydroxylation is 2. The van der Waals surface area contributed by atoms with E-state index in [1.807, 2.05) is 24.9 Å². The topological polar surface area (TPSA) is 51.1 Å². The fraction of sp³-hybridized carbons (Fsp3) is 0.400. The van der Waals surface area contributed by atoms with E-state index in [-0.39, 0.29) is 11.3 Å². The van der Waals surface area contributed by atoms with Crippen LogP contribution in [-0.4, -0.2) is 28.6 Å². The smallest absolute Gasteiger partial charge is 0.322 e. The second-order valence-corrected chi connectivity index (χ2v) is 5.22. The maximum Gasteiger partial charge on any atom is 0.322 e. The number of anilines is 2. The van der Waals surface area contributed by atoms with Gasteiger partial charge < -0.3 is 9.64 Å². The standard InChI is InChI=1S/C15H19ClN4O/c1-5-8-21-15-18-13(16)17-14(19-15)20(4)12-7-6-10(2)9-11(12)3/h6-7,9H,5,8H2,1-4H3. The molecule has 0 aliphatic rings. The minimum Gasteiger partial charge on any atom is -0.463 e. The monoisotopic (exact) mass is 306 g/mol. The molecule has 0 N–H and O–H groups in total. The van der Waals surface area contributed by atoms with Gasteiger partial charge in [0.1, 0.15) is 0 Å². The van der Waals surface area contributed by atoms with E-state index in [0.29, 0.717) is 12.6 Å². The number of rotatable bonds is 5. The molecule has 5 nitrogen and oxygen atoms in total. The molecule has 112 valence electrons. The third-order valence-corrected chi connectivity index (χ3v) is 3.19. The molecule has 2 aromatic rings. The Labute approximate surface area is 130 Å². The predicted octanol–water partition coefficient (Wildman–Crippen LogP) is 3.70. The summed E-state index contributed by atoms with van der Waals surface area (Å²) in [7, 11) is 1.90. The van der Waals surface area contributed by atoms with Crippen molar-refractivity contribution in [2.45, 2.75) is 27.2 Å². The van der Waals surface area contributed by atoms with Crippen molar-refractivity contribution in [1.82, 2.24) is 15.0 Å². The van der Waals surface area contributed by atoms with Crippen molar-refractivity contribution in [2.75, 3.05) is 18.6 Å². The molecule has 6 heteroatoms. The fourth-order valence-electron chi connectivity index (χ4n) is 2.02. The summed E-state index contributed by atoms with van der Waals surface area (Å²) >= 11 is 5.96. The molecule has 0 atom stereocenters. The van der Waals surface area contributed by atoms with Crippen molar-refractivity contribution in [2.24, 2.45) is 0 Å². The molecule has 2 rings (SSSR count). The van der Waals surface area contributed by atoms with Gasteiger partial charge >= 0.3 is 6.01 Å². The maximum atomic E-state index is 5.96. The summed E-state index contributed by atoms with van der Waals surface area (Å²) in [6, 6.07) is 6.46. The molecule has 1 aromatic heterocycles. The number of hydrogen-bond acceptors (Lipinski definition) is 5. The third kappa shape index (κ3) is 3.82. The second kappa shape index (κ2) is 6.72. The molecule has 0 amide bonds. The first kappa shape index (κ1) is 15.5. The fourth-order valence-corrected chi connectivity index (χ4v) is 2.17. The van der Waals surface area contributed by atoms with E-state index in [1.165, 1.54) is 5.56 Å². The van der Waals surface area contributed by atoms with Crippen LogP contribution in [0.5, 0.6) is 6.01 Å². The van der Waals surface area contributed by atoms with Crippen LogP contribution in [0.1, 0.15) is 24.5 Å². The first-order chi connectivity index (χ1) is 10.0. The Morgan fingerprint density at radius 1 is 1.19 bits per heavy atom. The number of halogens is 1. The van der Waals surface area contributed by atoms with E-state index in [4.69, 9.17) is 16.3 Å². The lowest BCUT2D eigenvalue weighted by Crippen LogP contribution is -2.16. The van der Waals surface area contributed by atoms with Crippen LogP contribution in [0.4, 0.5) is 11.6 Å². The molecule has 0 saturated carbocycles. The normalized spacial score (nSPS) is 10.5. The zero-order valence-electron chi connectivity index (χ0n) is 12.7. The molecule has 0 fully saturated rings. The highest BCUT2D eigenvalue weighted by atomic mass is 35.5. The highest BCUT2D eigenvalue weighted by Crippen LogP contribution is 2.26. The van der Waals surface area contributed by atoms with Crippen LogP contribution in [0, 0.1) is 13.8 Å². The van der Waals surface area contributed by atoms with Crippen LogP contribution in [0.3, 0.4) is 0 Å². The average Bonchev–Trinajstić information content (AvgIpc) is 2.44. The Morgan fingerprint density at radius 2 is 1.95 bits per heavy atom. The number of nitrogens with zero attached hydrogens (tertiary/aromatic N) is 4. The Balaban J connectivity index is 2.33. The summed E-state index contributed by atoms with van der Waals surface area (Å²) in [6.07, 6.45) is 0.881. The third-order valence-electron chi connectivity index (χ3n) is 3.02. The summed E-state index contributed by atoms with van der Waals surface area (Å²) in [6.45, 7) is 6.68. The van der Waals surface area contributed by atoms with Crippen molar-refractivity contribution in [1.29, 1.82) is 0 Å². The molecule has 0 aliphatic carbocycles. The number of hydrogen-bond donors (Lipinski definition) is 0. The highest BCUT2D eigenvalue weighted by molar-refractivity contribution is 6.28. The van der Waals surface area contributed by atoms with Gasteiger partial charge in [-0.15, -0.1) is 0 Å². The van der Waals surface area contributed by atoms with Gasteiger partial charge in [-0.2, -0.15) is 15.0 Å². The van der Waals surface area contributed by atoms with Crippen molar-refractivity contribution in [3.8, 4) is 6.01 Å². The average molecular weight is 307 g/mol. The first-order valence-corrected chi connectivity index (χ1v) is 7.24. The molecule has 0 radical (unpaired) electrons. The van der Waals surface area contributed by atoms with Crippen molar-refractivity contribution in [3.63, 3.8) is 0 Å². The molecule has 0 spiro atoms. The Morgan fingerprint density at radius 3 is 2.62 bits per heavy atom. The van der Waals surface area contributed by atoms with E-state index in [1.54, 1.807) is 0 Å². The van der Waals surface area contributed by atoms with Gasteiger partial charge in [-0.1, -0.05) is 24.6 Å². The van der Waals surface area contributed by atoms with Crippen molar-refractivity contribution >= 4 is 23.2 Å². The molecular formula is C15H19ClN4O. The Kier molecular flexibility index (Phi) is 4.96. The Hall–Kier alpha value is -1.88. The van der Waals surface area contributed by atoms with Crippen molar-refractivity contribution < 1.29 is 4.74 Å². The molecule has 0 unspecified atom stereocenters. The number of aromatic nitrogens is 3. The lowest BCUT2D eigenvalue weighted by Gasteiger charge is -2.20. The van der Waals surface area contributed by atoms with Gasteiger partial charge in [-0.3, -0.25) is 0 Å². The molecule has 1 aromatic carbocycles. The zero-order chi connectivity index (χ0) is 15.4. The van der Waals surface area contributed by atoms with E-state index < -0.39 is 0 Å². The van der Waals surface area contributed by atoms with Gasteiger partial charge in [0.05, 0.1) is 6.61 Å². The van der Waals surface area contributed by atoms with Gasteiger partial charge in [0, 0.05) is 12.7 Å². The van der Waals surface area contributed by atoms with Crippen molar-refractivity contribution in [3.05, 3.63) is 34.6 Å². The first-order valence-electron chi connectivity index (χ1n) is 6.86. The van der Waals surface area contributed by atoms with Crippen LogP contribution >= 0.6 is 11.6 Å². The van der Waals surface area contributed by atoms with Gasteiger partial charge in [-0.25, -0.2) is 0 Å². The quantitative estimate of drug-likeness (QED) is 0.843. The SMILES string of the molecule is CCCOc1nc(Cl)nc(N(C)c2ccc(C)cc2C)n1. The molecule has 0 aliphatic heterocycles. The lowest BCUT2D eigenvalue weighted by molar-refractivity contribution is 0.291. The van der Waals surface area contributed by atoms with Crippen LogP contribution in [0.15, 0.2) is 18.2 Å². The number of ether oxygens (including phenoxy) is 1. The molecule has 0 bridgehead atoms. The van der Waals surface area contributed by atoms with E-state index in [9.17, 15) is 0 Å². The van der Waals surface area contributed by atoms with Crippen LogP contribution in [0.25, 0.3) is 0 Å². The molecule has 21 heavy (non-hydrogen) atoms. The summed E-state index contributed by atoms with van der Waals surface area (Å²) < 4.78 is 5.44. The predicted molar refractivity (Wildman–Crippen MR) is 84.6 cm³/mol. The van der Waals surface area contributed by atoms with Gasteiger partial charge in [0.25, 0.3) is 0 Å². The molecule has 1 heterocycles. The van der Waals surface area contributed by atoms with Gasteiger partial charge in [-0.05, 0) is 43.5 Å². The van der Waals surface area contributed by atoms with Gasteiger partial charge in [0.2, 0.25) is 11.2 Å². The van der Waals surface area contributed by atoms with Crippen LogP contribution in [0.2, 0.25) is 5.28 Å². The van der Waals surface area contributed by atoms with Crippen LogP contribution < -0.4 is 9.64 Å². The summed E-state index contributed by atoms with van der Waals surface area (Å²) in [5.74, 6) is 0.466. The second-order valence-electron chi connectivity index (χ2n) is 4.88. The van der Waals surface area contributed by atoms with Crippen LogP contribution in [-0.2, 0) is 0 Å². The maximum absolute atomic E-state index is 5.96. The summed E-state index contributed by atoms with van der Waals surface area (Å²) in [5.41, 5.74) is 3.37. The van der Waals surface area contributed by atoms with Gasteiger partial charge in [0.15, 0.2) is 0 Å². The largest absolute Gasteiger partial charge is 0.463 e. The van der Waals surface area contributed by atoms with E-state index >= 15 is 0 Å². The molecular weight excluding hydrogens is 288 g/mol. The molecule has 0 saturated heterocycles.